The second-order valence-corrected chi connectivity index (χ2v) is 4.42. The summed E-state index contributed by atoms with van der Waals surface area (Å²) in [7, 11) is 2.06. The number of rotatable bonds is 1. The van der Waals surface area contributed by atoms with Gasteiger partial charge in [-0.05, 0) is 26.1 Å². The summed E-state index contributed by atoms with van der Waals surface area (Å²) in [5.74, 6) is 0.255. The van der Waals surface area contributed by atoms with Gasteiger partial charge in [-0.15, -0.1) is 10.2 Å². The van der Waals surface area contributed by atoms with E-state index in [1.807, 2.05) is 4.90 Å². The summed E-state index contributed by atoms with van der Waals surface area (Å²) in [4.78, 5) is 16.2. The number of likely N-dealkylation sites (N-methyl/N-ethyl adjacent to an activating group) is 1. The fourth-order valence-corrected chi connectivity index (χ4v) is 1.85. The molecule has 1 aliphatic rings. The average Bonchev–Trinajstić information content (AvgIpc) is 2.33. The molecule has 1 aromatic heterocycles. The molecule has 17 heavy (non-hydrogen) atoms. The minimum atomic E-state index is -0.0718. The van der Waals surface area contributed by atoms with Gasteiger partial charge >= 0.3 is 0 Å². The van der Waals surface area contributed by atoms with Crippen molar-refractivity contribution in [3.8, 4) is 0 Å². The van der Waals surface area contributed by atoms with Gasteiger partial charge in [-0.25, -0.2) is 0 Å². The van der Waals surface area contributed by atoms with E-state index in [4.69, 9.17) is 5.73 Å². The fraction of sp³-hybridized carbons (Fsp3) is 0.545. The minimum Gasteiger partial charge on any atom is -0.382 e. The first-order valence-corrected chi connectivity index (χ1v) is 5.66. The molecule has 6 heteroatoms. The van der Waals surface area contributed by atoms with Crippen LogP contribution in [0.25, 0.3) is 0 Å². The number of nitrogen functional groups attached to an aromatic ring is 1. The van der Waals surface area contributed by atoms with E-state index in [-0.39, 0.29) is 5.91 Å². The van der Waals surface area contributed by atoms with Crippen molar-refractivity contribution in [2.75, 3.05) is 32.4 Å². The molecule has 0 aromatic carbocycles. The van der Waals surface area contributed by atoms with Gasteiger partial charge in [0.1, 0.15) is 5.82 Å². The molecular weight excluding hydrogens is 218 g/mol. The lowest BCUT2D eigenvalue weighted by Gasteiger charge is -2.37. The fourth-order valence-electron chi connectivity index (χ4n) is 1.85. The lowest BCUT2D eigenvalue weighted by atomic mass is 10.2. The summed E-state index contributed by atoms with van der Waals surface area (Å²) < 4.78 is 0. The predicted molar refractivity (Wildman–Crippen MR) is 64.4 cm³/mol. The summed E-state index contributed by atoms with van der Waals surface area (Å²) in [6, 6.07) is 3.59. The zero-order chi connectivity index (χ0) is 12.4. The Hall–Kier alpha value is -1.69. The van der Waals surface area contributed by atoms with Crippen molar-refractivity contribution >= 4 is 11.7 Å². The van der Waals surface area contributed by atoms with E-state index in [0.29, 0.717) is 17.6 Å². The number of anilines is 1. The van der Waals surface area contributed by atoms with Crippen molar-refractivity contribution in [2.24, 2.45) is 0 Å². The van der Waals surface area contributed by atoms with Crippen molar-refractivity contribution in [2.45, 2.75) is 13.0 Å². The Morgan fingerprint density at radius 1 is 1.41 bits per heavy atom. The number of nitrogens with two attached hydrogens (primary N) is 1. The molecule has 1 aliphatic heterocycles. The molecular formula is C11H17N5O. The molecule has 1 fully saturated rings. The van der Waals surface area contributed by atoms with Gasteiger partial charge in [0, 0.05) is 25.7 Å². The Labute approximate surface area is 100 Å². The van der Waals surface area contributed by atoms with Crippen molar-refractivity contribution in [3.05, 3.63) is 17.8 Å². The van der Waals surface area contributed by atoms with Crippen LogP contribution in [0, 0.1) is 0 Å². The highest BCUT2D eigenvalue weighted by atomic mass is 16.2. The smallest absolute Gasteiger partial charge is 0.274 e. The number of amides is 1. The third-order valence-corrected chi connectivity index (χ3v) is 3.15. The molecule has 2 heterocycles. The van der Waals surface area contributed by atoms with E-state index >= 15 is 0 Å². The molecule has 2 rings (SSSR count). The van der Waals surface area contributed by atoms with Crippen LogP contribution in [0.1, 0.15) is 17.4 Å². The summed E-state index contributed by atoms with van der Waals surface area (Å²) in [5.41, 5.74) is 5.80. The number of piperazine rings is 1. The molecule has 1 atom stereocenters. The van der Waals surface area contributed by atoms with Gasteiger partial charge in [0.15, 0.2) is 5.69 Å². The molecule has 0 radical (unpaired) electrons. The third kappa shape index (κ3) is 2.52. The van der Waals surface area contributed by atoms with Crippen LogP contribution in [-0.4, -0.2) is 58.6 Å². The first-order valence-electron chi connectivity index (χ1n) is 5.66. The topological polar surface area (TPSA) is 75.3 Å². The summed E-state index contributed by atoms with van der Waals surface area (Å²) >= 11 is 0. The number of hydrogen-bond donors (Lipinski definition) is 1. The number of nitrogens with zero attached hydrogens (tertiary/aromatic N) is 4. The summed E-state index contributed by atoms with van der Waals surface area (Å²) in [6.07, 6.45) is 0. The molecule has 0 aliphatic carbocycles. The normalized spacial score (nSPS) is 21.5. The first-order chi connectivity index (χ1) is 8.08. The van der Waals surface area contributed by atoms with Crippen molar-refractivity contribution in [3.63, 3.8) is 0 Å². The van der Waals surface area contributed by atoms with Gasteiger partial charge in [0.2, 0.25) is 0 Å². The number of aromatic nitrogens is 2. The first kappa shape index (κ1) is 11.8. The van der Waals surface area contributed by atoms with Gasteiger partial charge in [0.25, 0.3) is 5.91 Å². The maximum Gasteiger partial charge on any atom is 0.274 e. The van der Waals surface area contributed by atoms with Crippen molar-refractivity contribution < 1.29 is 4.79 Å². The van der Waals surface area contributed by atoms with Crippen LogP contribution in [0.15, 0.2) is 12.1 Å². The Bertz CT molecular complexity index is 405. The van der Waals surface area contributed by atoms with E-state index in [2.05, 4.69) is 29.1 Å². The van der Waals surface area contributed by atoms with E-state index in [0.717, 1.165) is 19.6 Å². The monoisotopic (exact) mass is 235 g/mol. The highest BCUT2D eigenvalue weighted by molar-refractivity contribution is 5.92. The minimum absolute atomic E-state index is 0.0718. The molecule has 92 valence electrons. The maximum absolute atomic E-state index is 12.1. The Morgan fingerprint density at radius 3 is 2.76 bits per heavy atom. The van der Waals surface area contributed by atoms with Crippen LogP contribution >= 0.6 is 0 Å². The molecule has 1 saturated heterocycles. The predicted octanol–water partition coefficient (Wildman–Crippen LogP) is -0.165. The van der Waals surface area contributed by atoms with Crippen molar-refractivity contribution in [1.29, 1.82) is 0 Å². The molecule has 0 spiro atoms. The molecule has 1 amide bonds. The molecule has 2 N–H and O–H groups in total. The summed E-state index contributed by atoms with van der Waals surface area (Å²) in [5, 5.41) is 7.52. The largest absolute Gasteiger partial charge is 0.382 e. The van der Waals surface area contributed by atoms with Crippen LogP contribution in [0.2, 0.25) is 0 Å². The zero-order valence-electron chi connectivity index (χ0n) is 10.1. The van der Waals surface area contributed by atoms with Crippen molar-refractivity contribution in [1.82, 2.24) is 20.0 Å². The number of carbonyl (C=O) groups is 1. The van der Waals surface area contributed by atoms with Crippen LogP contribution < -0.4 is 5.73 Å². The lowest BCUT2D eigenvalue weighted by molar-refractivity contribution is 0.0566. The quantitative estimate of drug-likeness (QED) is 0.731. The van der Waals surface area contributed by atoms with E-state index < -0.39 is 0 Å². The molecule has 6 nitrogen and oxygen atoms in total. The van der Waals surface area contributed by atoms with Gasteiger partial charge < -0.3 is 15.5 Å². The van der Waals surface area contributed by atoms with Gasteiger partial charge in [0.05, 0.1) is 0 Å². The second kappa shape index (κ2) is 4.67. The Balaban J connectivity index is 2.08. The molecule has 0 saturated carbocycles. The standard InChI is InChI=1S/C11H17N5O/c1-8-7-16(6-5-15(8)2)11(17)9-3-4-10(12)14-13-9/h3-4,8H,5-7H2,1-2H3,(H2,12,14). The Morgan fingerprint density at radius 2 is 2.18 bits per heavy atom. The van der Waals surface area contributed by atoms with Crippen LogP contribution in [0.5, 0.6) is 0 Å². The van der Waals surface area contributed by atoms with Gasteiger partial charge in [-0.1, -0.05) is 0 Å². The highest BCUT2D eigenvalue weighted by Gasteiger charge is 2.25. The maximum atomic E-state index is 12.1. The van der Waals surface area contributed by atoms with Gasteiger partial charge in [-0.2, -0.15) is 0 Å². The SMILES string of the molecule is CC1CN(C(=O)c2ccc(N)nn2)CCN1C. The van der Waals surface area contributed by atoms with E-state index in [9.17, 15) is 4.79 Å². The summed E-state index contributed by atoms with van der Waals surface area (Å²) in [6.45, 7) is 4.44. The van der Waals surface area contributed by atoms with E-state index in [1.165, 1.54) is 0 Å². The van der Waals surface area contributed by atoms with Crippen LogP contribution in [0.4, 0.5) is 5.82 Å². The Kier molecular flexibility index (Phi) is 3.23. The highest BCUT2D eigenvalue weighted by Crippen LogP contribution is 2.10. The molecule has 1 unspecified atom stereocenters. The third-order valence-electron chi connectivity index (χ3n) is 3.15. The zero-order valence-corrected chi connectivity index (χ0v) is 10.1. The number of hydrogen-bond acceptors (Lipinski definition) is 5. The van der Waals surface area contributed by atoms with Crippen LogP contribution in [-0.2, 0) is 0 Å². The average molecular weight is 235 g/mol. The lowest BCUT2D eigenvalue weighted by Crippen LogP contribution is -2.52. The number of carbonyl (C=O) groups excluding carboxylic acids is 1. The second-order valence-electron chi connectivity index (χ2n) is 4.42. The van der Waals surface area contributed by atoms with Crippen LogP contribution in [0.3, 0.4) is 0 Å². The molecule has 1 aromatic rings. The van der Waals surface area contributed by atoms with E-state index in [1.54, 1.807) is 12.1 Å². The molecule has 0 bridgehead atoms. The van der Waals surface area contributed by atoms with Gasteiger partial charge in [-0.3, -0.25) is 4.79 Å².